The molecule has 0 N–H and O–H groups in total. The molecule has 0 atom stereocenters. The summed E-state index contributed by atoms with van der Waals surface area (Å²) in [6, 6.07) is 10.9. The van der Waals surface area contributed by atoms with E-state index in [0.29, 0.717) is 5.92 Å². The average Bonchev–Trinajstić information content (AvgIpc) is 2.39. The SMILES string of the molecule is Cc1ccc(CCc2nnc(C(C)C)cc2C)cc1. The summed E-state index contributed by atoms with van der Waals surface area (Å²) < 4.78 is 0. The Bertz CT molecular complexity index is 542. The molecule has 19 heavy (non-hydrogen) atoms. The Labute approximate surface area is 115 Å². The van der Waals surface area contributed by atoms with Gasteiger partial charge in [0.15, 0.2) is 0 Å². The molecule has 0 amide bonds. The van der Waals surface area contributed by atoms with E-state index in [0.717, 1.165) is 24.2 Å². The summed E-state index contributed by atoms with van der Waals surface area (Å²) in [5.41, 5.74) is 6.12. The van der Waals surface area contributed by atoms with Crippen LogP contribution >= 0.6 is 0 Å². The molecule has 2 aromatic rings. The Balaban J connectivity index is 2.05. The molecule has 0 saturated heterocycles. The molecular weight excluding hydrogens is 232 g/mol. The van der Waals surface area contributed by atoms with Gasteiger partial charge in [-0.3, -0.25) is 0 Å². The van der Waals surface area contributed by atoms with Gasteiger partial charge in [0, 0.05) is 0 Å². The van der Waals surface area contributed by atoms with E-state index in [1.807, 2.05) is 0 Å². The highest BCUT2D eigenvalue weighted by Crippen LogP contribution is 2.15. The maximum absolute atomic E-state index is 4.38. The molecule has 0 saturated carbocycles. The predicted molar refractivity (Wildman–Crippen MR) is 79.4 cm³/mol. The van der Waals surface area contributed by atoms with Crippen molar-refractivity contribution in [2.45, 2.75) is 46.5 Å². The van der Waals surface area contributed by atoms with Gasteiger partial charge in [0.05, 0.1) is 11.4 Å². The fourth-order valence-corrected chi connectivity index (χ4v) is 2.08. The van der Waals surface area contributed by atoms with Crippen LogP contribution in [-0.4, -0.2) is 10.2 Å². The van der Waals surface area contributed by atoms with Gasteiger partial charge >= 0.3 is 0 Å². The van der Waals surface area contributed by atoms with E-state index in [4.69, 9.17) is 0 Å². The molecule has 2 heteroatoms. The van der Waals surface area contributed by atoms with Gasteiger partial charge in [0.25, 0.3) is 0 Å². The van der Waals surface area contributed by atoms with Crippen LogP contribution in [-0.2, 0) is 12.8 Å². The normalized spacial score (nSPS) is 11.0. The average molecular weight is 254 g/mol. The van der Waals surface area contributed by atoms with Crippen LogP contribution in [0.2, 0.25) is 0 Å². The molecule has 1 aromatic carbocycles. The van der Waals surface area contributed by atoms with Gasteiger partial charge in [0.1, 0.15) is 0 Å². The maximum atomic E-state index is 4.38. The summed E-state index contributed by atoms with van der Waals surface area (Å²) in [5, 5.41) is 8.70. The minimum absolute atomic E-state index is 0.442. The van der Waals surface area contributed by atoms with Crippen molar-refractivity contribution >= 4 is 0 Å². The molecule has 0 aliphatic heterocycles. The molecule has 0 aliphatic rings. The molecule has 1 aromatic heterocycles. The van der Waals surface area contributed by atoms with Crippen LogP contribution in [0.1, 0.15) is 47.8 Å². The van der Waals surface area contributed by atoms with Gasteiger partial charge in [-0.15, -0.1) is 0 Å². The standard InChI is InChI=1S/C17H22N2/c1-12(2)17-11-14(4)16(18-19-17)10-9-15-7-5-13(3)6-8-15/h5-8,11-12H,9-10H2,1-4H3. The Morgan fingerprint density at radius 2 is 1.63 bits per heavy atom. The lowest BCUT2D eigenvalue weighted by Crippen LogP contribution is -2.03. The van der Waals surface area contributed by atoms with Gasteiger partial charge in [-0.25, -0.2) is 0 Å². The summed E-state index contributed by atoms with van der Waals surface area (Å²) in [4.78, 5) is 0. The summed E-state index contributed by atoms with van der Waals surface area (Å²) in [7, 11) is 0. The highest BCUT2D eigenvalue weighted by molar-refractivity contribution is 5.25. The lowest BCUT2D eigenvalue weighted by Gasteiger charge is -2.08. The first kappa shape index (κ1) is 13.7. The second-order valence-electron chi connectivity index (χ2n) is 5.54. The number of nitrogens with zero attached hydrogens (tertiary/aromatic N) is 2. The zero-order valence-electron chi connectivity index (χ0n) is 12.3. The van der Waals surface area contributed by atoms with Crippen molar-refractivity contribution in [3.8, 4) is 0 Å². The first-order valence-corrected chi connectivity index (χ1v) is 6.95. The number of hydrogen-bond acceptors (Lipinski definition) is 2. The van der Waals surface area contributed by atoms with Crippen molar-refractivity contribution < 1.29 is 0 Å². The smallest absolute Gasteiger partial charge is 0.0663 e. The first-order valence-electron chi connectivity index (χ1n) is 6.95. The van der Waals surface area contributed by atoms with Gasteiger partial charge in [-0.05, 0) is 49.8 Å². The Kier molecular flexibility index (Phi) is 4.31. The molecule has 0 fully saturated rings. The van der Waals surface area contributed by atoms with Gasteiger partial charge in [-0.1, -0.05) is 43.7 Å². The summed E-state index contributed by atoms with van der Waals surface area (Å²) in [6.07, 6.45) is 1.98. The fraction of sp³-hybridized carbons (Fsp3) is 0.412. The number of aromatic nitrogens is 2. The van der Waals surface area contributed by atoms with E-state index in [9.17, 15) is 0 Å². The van der Waals surface area contributed by atoms with E-state index in [1.165, 1.54) is 16.7 Å². The molecule has 0 bridgehead atoms. The van der Waals surface area contributed by atoms with E-state index in [1.54, 1.807) is 0 Å². The number of rotatable bonds is 4. The van der Waals surface area contributed by atoms with Crippen LogP contribution < -0.4 is 0 Å². The molecule has 100 valence electrons. The lowest BCUT2D eigenvalue weighted by atomic mass is 10.0. The van der Waals surface area contributed by atoms with Crippen molar-refractivity contribution in [2.24, 2.45) is 0 Å². The van der Waals surface area contributed by atoms with Crippen molar-refractivity contribution in [1.29, 1.82) is 0 Å². The molecule has 1 heterocycles. The third-order valence-electron chi connectivity index (χ3n) is 3.47. The molecule has 0 radical (unpaired) electrons. The lowest BCUT2D eigenvalue weighted by molar-refractivity contribution is 0.752. The molecule has 0 unspecified atom stereocenters. The highest BCUT2D eigenvalue weighted by Gasteiger charge is 2.06. The monoisotopic (exact) mass is 254 g/mol. The predicted octanol–water partition coefficient (Wildman–Crippen LogP) is 4.00. The largest absolute Gasteiger partial charge is 0.155 e. The van der Waals surface area contributed by atoms with Crippen LogP contribution in [0.15, 0.2) is 30.3 Å². The summed E-state index contributed by atoms with van der Waals surface area (Å²) in [6.45, 7) is 8.54. The van der Waals surface area contributed by atoms with Crippen molar-refractivity contribution in [2.75, 3.05) is 0 Å². The van der Waals surface area contributed by atoms with Crippen LogP contribution in [0.4, 0.5) is 0 Å². The van der Waals surface area contributed by atoms with Crippen LogP contribution in [0, 0.1) is 13.8 Å². The summed E-state index contributed by atoms with van der Waals surface area (Å²) >= 11 is 0. The molecule has 2 nitrogen and oxygen atoms in total. The Morgan fingerprint density at radius 3 is 2.21 bits per heavy atom. The molecule has 0 aliphatic carbocycles. The topological polar surface area (TPSA) is 25.8 Å². The van der Waals surface area contributed by atoms with Gasteiger partial charge in [0.2, 0.25) is 0 Å². The minimum Gasteiger partial charge on any atom is -0.155 e. The maximum Gasteiger partial charge on any atom is 0.0663 e. The van der Waals surface area contributed by atoms with E-state index >= 15 is 0 Å². The minimum atomic E-state index is 0.442. The van der Waals surface area contributed by atoms with Gasteiger partial charge < -0.3 is 0 Å². The zero-order valence-corrected chi connectivity index (χ0v) is 12.3. The quantitative estimate of drug-likeness (QED) is 0.824. The second-order valence-corrected chi connectivity index (χ2v) is 5.54. The molecule has 2 rings (SSSR count). The third kappa shape index (κ3) is 3.63. The number of aryl methyl sites for hydroxylation is 4. The number of benzene rings is 1. The van der Waals surface area contributed by atoms with Crippen LogP contribution in [0.25, 0.3) is 0 Å². The fourth-order valence-electron chi connectivity index (χ4n) is 2.08. The second kappa shape index (κ2) is 5.96. The van der Waals surface area contributed by atoms with E-state index < -0.39 is 0 Å². The zero-order chi connectivity index (χ0) is 13.8. The van der Waals surface area contributed by atoms with E-state index in [2.05, 4.69) is 68.2 Å². The van der Waals surface area contributed by atoms with Gasteiger partial charge in [-0.2, -0.15) is 10.2 Å². The van der Waals surface area contributed by atoms with E-state index in [-0.39, 0.29) is 0 Å². The molecule has 0 spiro atoms. The van der Waals surface area contributed by atoms with Crippen LogP contribution in [0.5, 0.6) is 0 Å². The van der Waals surface area contributed by atoms with Crippen LogP contribution in [0.3, 0.4) is 0 Å². The number of hydrogen-bond donors (Lipinski definition) is 0. The first-order chi connectivity index (χ1) is 9.06. The molecular formula is C17H22N2. The Morgan fingerprint density at radius 1 is 0.947 bits per heavy atom. The third-order valence-corrected chi connectivity index (χ3v) is 3.47. The van der Waals surface area contributed by atoms with Crippen molar-refractivity contribution in [1.82, 2.24) is 10.2 Å². The van der Waals surface area contributed by atoms with Crippen molar-refractivity contribution in [3.63, 3.8) is 0 Å². The Hall–Kier alpha value is -1.70. The highest BCUT2D eigenvalue weighted by atomic mass is 15.1. The van der Waals surface area contributed by atoms with Crippen molar-refractivity contribution in [3.05, 3.63) is 58.4 Å². The summed E-state index contributed by atoms with van der Waals surface area (Å²) in [5.74, 6) is 0.442.